The van der Waals surface area contributed by atoms with Crippen LogP contribution in [0.2, 0.25) is 5.02 Å². The summed E-state index contributed by atoms with van der Waals surface area (Å²) in [5.74, 6) is 1.41. The molecule has 170 valence electrons. The Hall–Kier alpha value is -3.22. The minimum Gasteiger partial charge on any atom is -0.454 e. The monoisotopic (exact) mass is 464 g/mol. The highest BCUT2D eigenvalue weighted by Gasteiger charge is 2.26. The van der Waals surface area contributed by atoms with Crippen molar-refractivity contribution in [2.75, 3.05) is 19.9 Å². The molecular weight excluding hydrogens is 440 g/mol. The first-order valence-electron chi connectivity index (χ1n) is 11.0. The fourth-order valence-electron chi connectivity index (χ4n) is 4.20. The van der Waals surface area contributed by atoms with Gasteiger partial charge in [-0.3, -0.25) is 4.90 Å². The highest BCUT2D eigenvalue weighted by molar-refractivity contribution is 6.31. The highest BCUT2D eigenvalue weighted by atomic mass is 35.5. The van der Waals surface area contributed by atoms with Crippen LogP contribution >= 0.6 is 11.6 Å². The summed E-state index contributed by atoms with van der Waals surface area (Å²) in [7, 11) is 0. The lowest BCUT2D eigenvalue weighted by molar-refractivity contribution is 0.135. The number of fused-ring (bicyclic) bond motifs is 1. The van der Waals surface area contributed by atoms with Gasteiger partial charge in [-0.25, -0.2) is 4.79 Å². The third-order valence-corrected chi connectivity index (χ3v) is 6.31. The van der Waals surface area contributed by atoms with E-state index in [-0.39, 0.29) is 19.4 Å². The number of benzene rings is 3. The van der Waals surface area contributed by atoms with Gasteiger partial charge in [0, 0.05) is 36.8 Å². The molecule has 6 nitrogen and oxygen atoms in total. The van der Waals surface area contributed by atoms with E-state index >= 15 is 0 Å². The van der Waals surface area contributed by atoms with Crippen molar-refractivity contribution < 1.29 is 19.0 Å². The van der Waals surface area contributed by atoms with Crippen LogP contribution < -0.4 is 14.8 Å². The van der Waals surface area contributed by atoms with Gasteiger partial charge in [0.25, 0.3) is 0 Å². The number of likely N-dealkylation sites (tertiary alicyclic amines) is 1. The van der Waals surface area contributed by atoms with Crippen molar-refractivity contribution in [3.63, 3.8) is 0 Å². The summed E-state index contributed by atoms with van der Waals surface area (Å²) in [6.07, 6.45) is 0.471. The number of hydrogen-bond acceptors (Lipinski definition) is 5. The van der Waals surface area contributed by atoms with E-state index in [2.05, 4.69) is 22.3 Å². The van der Waals surface area contributed by atoms with Crippen LogP contribution in [0.25, 0.3) is 11.1 Å². The number of hydrogen-bond donors (Lipinski definition) is 1. The van der Waals surface area contributed by atoms with Gasteiger partial charge in [-0.2, -0.15) is 0 Å². The van der Waals surface area contributed by atoms with Gasteiger partial charge in [0.05, 0.1) is 0 Å². The number of carbonyl (C=O) groups excluding carboxylic acids is 1. The van der Waals surface area contributed by atoms with E-state index in [1.54, 1.807) is 6.07 Å². The molecule has 2 heterocycles. The first kappa shape index (κ1) is 21.6. The molecule has 2 aliphatic rings. The summed E-state index contributed by atoms with van der Waals surface area (Å²) >= 11 is 6.40. The Morgan fingerprint density at radius 1 is 1.03 bits per heavy atom. The topological polar surface area (TPSA) is 60.0 Å². The van der Waals surface area contributed by atoms with Gasteiger partial charge >= 0.3 is 6.09 Å². The van der Waals surface area contributed by atoms with E-state index in [9.17, 15) is 4.79 Å². The molecule has 33 heavy (non-hydrogen) atoms. The number of halogens is 1. The van der Waals surface area contributed by atoms with Crippen molar-refractivity contribution in [3.8, 4) is 22.6 Å². The number of nitrogens with zero attached hydrogens (tertiary/aromatic N) is 1. The second-order valence-electron chi connectivity index (χ2n) is 8.30. The zero-order valence-corrected chi connectivity index (χ0v) is 18.9. The molecule has 2 aliphatic heterocycles. The van der Waals surface area contributed by atoms with E-state index in [1.165, 1.54) is 0 Å². The molecule has 0 bridgehead atoms. The summed E-state index contributed by atoms with van der Waals surface area (Å²) in [6, 6.07) is 22.0. The van der Waals surface area contributed by atoms with Crippen molar-refractivity contribution >= 4 is 17.7 Å². The molecule has 1 unspecified atom stereocenters. The second-order valence-corrected chi connectivity index (χ2v) is 8.71. The predicted octanol–water partition coefficient (Wildman–Crippen LogP) is 5.24. The number of amides is 1. The molecule has 1 saturated heterocycles. The Labute approximate surface area is 198 Å². The first-order valence-corrected chi connectivity index (χ1v) is 11.4. The summed E-state index contributed by atoms with van der Waals surface area (Å²) in [5.41, 5.74) is 4.24. The molecule has 3 aromatic carbocycles. The number of ether oxygens (including phenoxy) is 3. The second kappa shape index (κ2) is 9.73. The minimum atomic E-state index is -0.393. The Balaban J connectivity index is 1.08. The maximum absolute atomic E-state index is 12.3. The SMILES string of the molecule is O=C(NC1CCN(Cc2cc3c(cc2Cl)OCO3)C1)OCc1ccc(-c2ccccc2)cc1. The zero-order chi connectivity index (χ0) is 22.6. The van der Waals surface area contributed by atoms with E-state index in [0.29, 0.717) is 17.3 Å². The molecular formula is C26H25ClN2O4. The molecule has 1 amide bonds. The molecule has 0 saturated carbocycles. The summed E-state index contributed by atoms with van der Waals surface area (Å²) in [6.45, 7) is 2.77. The van der Waals surface area contributed by atoms with Crippen LogP contribution in [0.3, 0.4) is 0 Å². The number of carbonyl (C=O) groups is 1. The van der Waals surface area contributed by atoms with Crippen LogP contribution in [0, 0.1) is 0 Å². The van der Waals surface area contributed by atoms with E-state index in [1.807, 2.05) is 48.5 Å². The van der Waals surface area contributed by atoms with Crippen LogP contribution in [0.15, 0.2) is 66.7 Å². The summed E-state index contributed by atoms with van der Waals surface area (Å²) in [4.78, 5) is 14.6. The average Bonchev–Trinajstić information content (AvgIpc) is 3.48. The van der Waals surface area contributed by atoms with Crippen molar-refractivity contribution in [3.05, 3.63) is 82.9 Å². The van der Waals surface area contributed by atoms with Gasteiger partial charge in [-0.1, -0.05) is 66.2 Å². The van der Waals surface area contributed by atoms with Crippen molar-refractivity contribution in [2.24, 2.45) is 0 Å². The lowest BCUT2D eigenvalue weighted by Gasteiger charge is -2.18. The van der Waals surface area contributed by atoms with E-state index < -0.39 is 6.09 Å². The summed E-state index contributed by atoms with van der Waals surface area (Å²) < 4.78 is 16.3. The maximum atomic E-state index is 12.3. The van der Waals surface area contributed by atoms with Crippen molar-refractivity contribution in [1.29, 1.82) is 0 Å². The van der Waals surface area contributed by atoms with Crippen LogP contribution in [-0.4, -0.2) is 36.9 Å². The smallest absolute Gasteiger partial charge is 0.407 e. The minimum absolute atomic E-state index is 0.0470. The average molecular weight is 465 g/mol. The number of nitrogens with one attached hydrogen (secondary N) is 1. The third kappa shape index (κ3) is 5.24. The molecule has 7 heteroatoms. The quantitative estimate of drug-likeness (QED) is 0.540. The van der Waals surface area contributed by atoms with Gasteiger partial charge in [0.1, 0.15) is 6.61 Å². The molecule has 1 fully saturated rings. The van der Waals surface area contributed by atoms with Gasteiger partial charge < -0.3 is 19.5 Å². The highest BCUT2D eigenvalue weighted by Crippen LogP contribution is 2.37. The van der Waals surface area contributed by atoms with Crippen molar-refractivity contribution in [2.45, 2.75) is 25.6 Å². The fourth-order valence-corrected chi connectivity index (χ4v) is 4.41. The predicted molar refractivity (Wildman–Crippen MR) is 126 cm³/mol. The molecule has 5 rings (SSSR count). The van der Waals surface area contributed by atoms with E-state index in [4.69, 9.17) is 25.8 Å². The number of rotatable bonds is 6. The van der Waals surface area contributed by atoms with Gasteiger partial charge in [0.2, 0.25) is 6.79 Å². The van der Waals surface area contributed by atoms with Crippen LogP contribution in [0.4, 0.5) is 4.79 Å². The molecule has 0 aliphatic carbocycles. The Kier molecular flexibility index (Phi) is 6.37. The van der Waals surface area contributed by atoms with Gasteiger partial charge in [0.15, 0.2) is 11.5 Å². The molecule has 3 aromatic rings. The van der Waals surface area contributed by atoms with Gasteiger partial charge in [-0.05, 0) is 34.7 Å². The summed E-state index contributed by atoms with van der Waals surface area (Å²) in [5, 5.41) is 3.64. The molecule has 1 N–H and O–H groups in total. The first-order chi connectivity index (χ1) is 16.1. The maximum Gasteiger partial charge on any atom is 0.407 e. The van der Waals surface area contributed by atoms with Crippen LogP contribution in [0.1, 0.15) is 17.5 Å². The fraction of sp³-hybridized carbons (Fsp3) is 0.269. The number of alkyl carbamates (subject to hydrolysis) is 1. The Morgan fingerprint density at radius 3 is 2.55 bits per heavy atom. The largest absolute Gasteiger partial charge is 0.454 e. The molecule has 0 aromatic heterocycles. The lowest BCUT2D eigenvalue weighted by Crippen LogP contribution is -2.37. The lowest BCUT2D eigenvalue weighted by atomic mass is 10.0. The molecule has 1 atom stereocenters. The van der Waals surface area contributed by atoms with Crippen molar-refractivity contribution in [1.82, 2.24) is 10.2 Å². The third-order valence-electron chi connectivity index (χ3n) is 5.96. The standard InChI is InChI=1S/C26H25ClN2O4/c27-23-13-25-24(32-17-33-25)12-21(23)14-29-11-10-22(15-29)28-26(30)31-16-18-6-8-20(9-7-18)19-4-2-1-3-5-19/h1-9,12-13,22H,10-11,14-17H2,(H,28,30). The Bertz CT molecular complexity index is 1120. The van der Waals surface area contributed by atoms with Crippen LogP contribution in [-0.2, 0) is 17.9 Å². The zero-order valence-electron chi connectivity index (χ0n) is 18.1. The van der Waals surface area contributed by atoms with Gasteiger partial charge in [-0.15, -0.1) is 0 Å². The Morgan fingerprint density at radius 2 is 1.76 bits per heavy atom. The van der Waals surface area contributed by atoms with E-state index in [0.717, 1.165) is 47.5 Å². The molecule has 0 spiro atoms. The van der Waals surface area contributed by atoms with Crippen LogP contribution in [0.5, 0.6) is 11.5 Å². The normalized spacial score (nSPS) is 17.2. The molecule has 0 radical (unpaired) electrons.